The minimum Gasteiger partial charge on any atom is -0.478 e. The average Bonchev–Trinajstić information content (AvgIpc) is 3.11. The molecule has 2 saturated heterocycles. The molecule has 0 aromatic heterocycles. The topological polar surface area (TPSA) is 167 Å². The van der Waals surface area contributed by atoms with Gasteiger partial charge in [0.05, 0.1) is 37.6 Å². The molecule has 0 saturated carbocycles. The molecule has 0 spiro atoms. The fourth-order valence-corrected chi connectivity index (χ4v) is 8.45. The predicted molar refractivity (Wildman–Crippen MR) is 199 cm³/mol. The van der Waals surface area contributed by atoms with Crippen LogP contribution in [-0.2, 0) is 40.3 Å². The summed E-state index contributed by atoms with van der Waals surface area (Å²) < 4.78 is 44.2. The van der Waals surface area contributed by atoms with E-state index in [9.17, 15) is 18.7 Å². The summed E-state index contributed by atoms with van der Waals surface area (Å²) in [5, 5.41) is 21.0. The normalized spacial score (nSPS) is 16.0. The van der Waals surface area contributed by atoms with Gasteiger partial charge >= 0.3 is 27.1 Å². The van der Waals surface area contributed by atoms with E-state index in [1.807, 2.05) is 38.1 Å². The number of aromatic carboxylic acids is 2. The fraction of sp³-hybridized carbons (Fsp3) is 0.588. The van der Waals surface area contributed by atoms with Crippen LogP contribution in [0.1, 0.15) is 59.5 Å². The highest BCUT2D eigenvalue weighted by atomic mass is 35.5. The zero-order chi connectivity index (χ0) is 37.7. The molecular formula is C34H55ClN4O10P2. The number of nitrogens with zero attached hydrogens (tertiary/aromatic N) is 3. The van der Waals surface area contributed by atoms with Crippen molar-refractivity contribution >= 4 is 38.7 Å². The SMILES string of the molecule is CCOP(=O)(CCl)OCC.CCOP(=O)(CN1CCN(Cc2ccc(C(=O)O)cc2)CC1)OCC.O=C(O)c1ccc(CN2CCNCC2)cc1. The van der Waals surface area contributed by atoms with E-state index < -0.39 is 27.1 Å². The molecule has 0 bridgehead atoms. The monoisotopic (exact) mass is 776 g/mol. The summed E-state index contributed by atoms with van der Waals surface area (Å²) in [6.45, 7) is 17.8. The molecule has 288 valence electrons. The number of hydrogen-bond donors (Lipinski definition) is 3. The first kappa shape index (κ1) is 45.0. The Kier molecular flexibility index (Phi) is 21.3. The smallest absolute Gasteiger partial charge is 0.345 e. The summed E-state index contributed by atoms with van der Waals surface area (Å²) in [7, 11) is -5.97. The molecule has 3 N–H and O–H groups in total. The van der Waals surface area contributed by atoms with Crippen molar-refractivity contribution in [3.05, 3.63) is 70.8 Å². The van der Waals surface area contributed by atoms with Crippen LogP contribution < -0.4 is 5.32 Å². The number of alkyl halides is 1. The van der Waals surface area contributed by atoms with E-state index in [1.54, 1.807) is 38.1 Å². The van der Waals surface area contributed by atoms with Gasteiger partial charge < -0.3 is 33.6 Å². The third-order valence-corrected chi connectivity index (χ3v) is 12.2. The first-order valence-corrected chi connectivity index (χ1v) is 21.2. The molecule has 0 aliphatic carbocycles. The van der Waals surface area contributed by atoms with Gasteiger partial charge in [-0.3, -0.25) is 23.8 Å². The third-order valence-electron chi connectivity index (χ3n) is 7.71. The van der Waals surface area contributed by atoms with Crippen LogP contribution in [0.5, 0.6) is 0 Å². The Bertz CT molecular complexity index is 1370. The van der Waals surface area contributed by atoms with Crippen molar-refractivity contribution in [3.8, 4) is 0 Å². The van der Waals surface area contributed by atoms with Crippen LogP contribution in [-0.4, -0.2) is 128 Å². The molecule has 0 radical (unpaired) electrons. The van der Waals surface area contributed by atoms with E-state index in [2.05, 4.69) is 20.0 Å². The van der Waals surface area contributed by atoms with Gasteiger partial charge in [0.25, 0.3) is 0 Å². The zero-order valence-corrected chi connectivity index (χ0v) is 32.8. The molecule has 2 aromatic carbocycles. The van der Waals surface area contributed by atoms with Crippen molar-refractivity contribution in [2.24, 2.45) is 0 Å². The minimum atomic E-state index is -3.04. The maximum atomic E-state index is 12.6. The highest BCUT2D eigenvalue weighted by molar-refractivity contribution is 7.55. The van der Waals surface area contributed by atoms with Crippen LogP contribution >= 0.6 is 26.8 Å². The maximum absolute atomic E-state index is 12.6. The molecule has 2 aliphatic heterocycles. The molecule has 0 unspecified atom stereocenters. The van der Waals surface area contributed by atoms with Crippen molar-refractivity contribution in [2.45, 2.75) is 40.8 Å². The lowest BCUT2D eigenvalue weighted by atomic mass is 10.1. The highest BCUT2D eigenvalue weighted by Gasteiger charge is 2.29. The van der Waals surface area contributed by atoms with E-state index in [-0.39, 0.29) is 5.62 Å². The lowest BCUT2D eigenvalue weighted by molar-refractivity contribution is 0.0686. The van der Waals surface area contributed by atoms with E-state index >= 15 is 0 Å². The second-order valence-electron chi connectivity index (χ2n) is 11.6. The van der Waals surface area contributed by atoms with Crippen LogP contribution in [0, 0.1) is 0 Å². The van der Waals surface area contributed by atoms with Gasteiger partial charge in [0.1, 0.15) is 11.9 Å². The third kappa shape index (κ3) is 17.5. The fourth-order valence-electron chi connectivity index (χ4n) is 5.24. The number of rotatable bonds is 17. The summed E-state index contributed by atoms with van der Waals surface area (Å²) >= 11 is 5.35. The van der Waals surface area contributed by atoms with Crippen molar-refractivity contribution in [1.82, 2.24) is 20.0 Å². The van der Waals surface area contributed by atoms with Gasteiger partial charge in [-0.1, -0.05) is 24.3 Å². The van der Waals surface area contributed by atoms with Crippen LogP contribution in [0.15, 0.2) is 48.5 Å². The number of carboxylic acid groups (broad SMARTS) is 2. The first-order valence-electron chi connectivity index (χ1n) is 17.2. The van der Waals surface area contributed by atoms with Gasteiger partial charge in [0.15, 0.2) is 0 Å². The lowest BCUT2D eigenvalue weighted by Crippen LogP contribution is -2.46. The molecule has 0 atom stereocenters. The Hall–Kier alpha value is -2.19. The van der Waals surface area contributed by atoms with Crippen molar-refractivity contribution in [3.63, 3.8) is 0 Å². The van der Waals surface area contributed by atoms with Gasteiger partial charge in [-0.15, -0.1) is 11.6 Å². The van der Waals surface area contributed by atoms with E-state index in [0.29, 0.717) is 43.8 Å². The number of hydrogen-bond acceptors (Lipinski definition) is 12. The second-order valence-corrected chi connectivity index (χ2v) is 16.3. The summed E-state index contributed by atoms with van der Waals surface area (Å²) in [5.41, 5.74) is 2.84. The van der Waals surface area contributed by atoms with Gasteiger partial charge in [-0.05, 0) is 63.1 Å². The highest BCUT2D eigenvalue weighted by Crippen LogP contribution is 2.49. The Labute approximate surface area is 307 Å². The van der Waals surface area contributed by atoms with Crippen LogP contribution in [0.2, 0.25) is 0 Å². The Morgan fingerprint density at radius 3 is 1.33 bits per heavy atom. The van der Waals surface area contributed by atoms with Gasteiger partial charge in [-0.2, -0.15) is 0 Å². The largest absolute Gasteiger partial charge is 0.478 e. The zero-order valence-electron chi connectivity index (χ0n) is 30.2. The van der Waals surface area contributed by atoms with Gasteiger partial charge in [0.2, 0.25) is 0 Å². The van der Waals surface area contributed by atoms with Gasteiger partial charge in [0, 0.05) is 65.4 Å². The molecule has 2 heterocycles. The molecule has 0 amide bonds. The number of nitrogens with one attached hydrogen (secondary N) is 1. The Balaban J connectivity index is 0.000000296. The molecule has 51 heavy (non-hydrogen) atoms. The van der Waals surface area contributed by atoms with E-state index in [4.69, 9.17) is 39.9 Å². The summed E-state index contributed by atoms with van der Waals surface area (Å²) in [5.74, 6) is -1.78. The number of piperazine rings is 2. The van der Waals surface area contributed by atoms with Crippen LogP contribution in [0.4, 0.5) is 0 Å². The number of benzene rings is 2. The second kappa shape index (κ2) is 24.2. The minimum absolute atomic E-state index is 0.0747. The summed E-state index contributed by atoms with van der Waals surface area (Å²) in [6.07, 6.45) is 0.329. The molecule has 4 rings (SSSR count). The average molecular weight is 777 g/mol. The maximum Gasteiger partial charge on any atom is 0.345 e. The van der Waals surface area contributed by atoms with Crippen LogP contribution in [0.3, 0.4) is 0 Å². The van der Waals surface area contributed by atoms with E-state index in [0.717, 1.165) is 71.0 Å². The molecule has 2 aliphatic rings. The summed E-state index contributed by atoms with van der Waals surface area (Å²) in [6, 6.07) is 14.1. The molecule has 2 aromatic rings. The number of carboxylic acids is 2. The Morgan fingerprint density at radius 2 is 0.980 bits per heavy atom. The van der Waals surface area contributed by atoms with Crippen molar-refractivity contribution < 1.29 is 47.0 Å². The number of carbonyl (C=O) groups is 2. The number of halogens is 1. The Morgan fingerprint density at radius 1 is 0.627 bits per heavy atom. The quantitative estimate of drug-likeness (QED) is 0.127. The first-order chi connectivity index (χ1) is 24.4. The standard InChI is InChI=1S/C17H27N2O5P.C12H16N2O2.C5H12ClO3P/c1-3-23-25(22,24-4-2)14-19-11-9-18(10-12-19)13-15-5-7-16(8-6-15)17(20)21;15-12(16)11-3-1-10(2-4-11)9-14-7-5-13-6-8-14;1-3-8-10(7,5-6)9-4-2/h5-8H,3-4,9-14H2,1-2H3,(H,20,21);1-4,13H,5-9H2,(H,15,16);3-5H2,1-2H3. The van der Waals surface area contributed by atoms with E-state index in [1.165, 1.54) is 5.56 Å². The predicted octanol–water partition coefficient (Wildman–Crippen LogP) is 5.96. The summed E-state index contributed by atoms with van der Waals surface area (Å²) in [4.78, 5) is 28.4. The molecular weight excluding hydrogens is 722 g/mol. The van der Waals surface area contributed by atoms with Gasteiger partial charge in [-0.25, -0.2) is 9.59 Å². The van der Waals surface area contributed by atoms with Crippen molar-refractivity contribution in [2.75, 3.05) is 90.7 Å². The molecule has 17 heteroatoms. The molecule has 2 fully saturated rings. The lowest BCUT2D eigenvalue weighted by Gasteiger charge is -2.35. The molecule has 14 nitrogen and oxygen atoms in total. The van der Waals surface area contributed by atoms with Crippen molar-refractivity contribution in [1.29, 1.82) is 0 Å². The van der Waals surface area contributed by atoms with Crippen LogP contribution in [0.25, 0.3) is 0 Å².